The maximum atomic E-state index is 11.4. The second kappa shape index (κ2) is 12.5. The first-order chi connectivity index (χ1) is 14.8. The normalized spacial score (nSPS) is 10.1. The molecule has 0 amide bonds. The lowest BCUT2D eigenvalue weighted by Gasteiger charge is -2.10. The van der Waals surface area contributed by atoms with Crippen molar-refractivity contribution >= 4 is 23.7 Å². The highest BCUT2D eigenvalue weighted by molar-refractivity contribution is 7.99. The molecule has 0 aliphatic rings. The summed E-state index contributed by atoms with van der Waals surface area (Å²) in [5.41, 5.74) is 0.718. The highest BCUT2D eigenvalue weighted by Gasteiger charge is 2.06. The molecule has 6 nitrogen and oxygen atoms in total. The van der Waals surface area contributed by atoms with Gasteiger partial charge in [-0.3, -0.25) is 0 Å². The van der Waals surface area contributed by atoms with Crippen LogP contribution in [0.2, 0.25) is 0 Å². The van der Waals surface area contributed by atoms with Crippen LogP contribution in [0.4, 0.5) is 0 Å². The first-order valence-electron chi connectivity index (χ1n) is 9.64. The molecule has 31 heavy (non-hydrogen) atoms. The van der Waals surface area contributed by atoms with Crippen LogP contribution < -0.4 is 9.47 Å². The van der Waals surface area contributed by atoms with Gasteiger partial charge in [-0.15, -0.1) is 0 Å². The van der Waals surface area contributed by atoms with E-state index < -0.39 is 11.9 Å². The summed E-state index contributed by atoms with van der Waals surface area (Å²) in [6, 6.07) is 15.3. The summed E-state index contributed by atoms with van der Waals surface area (Å²) in [6.45, 7) is 11.1. The molecule has 0 N–H and O–H groups in total. The molecule has 0 spiro atoms. The molecule has 0 bridgehead atoms. The first kappa shape index (κ1) is 24.1. The molecule has 0 aliphatic heterocycles. The molecular formula is C24H26O6S. The van der Waals surface area contributed by atoms with Gasteiger partial charge in [-0.2, -0.15) is 0 Å². The molecule has 2 aromatic rings. The summed E-state index contributed by atoms with van der Waals surface area (Å²) in [6.07, 6.45) is 0. The monoisotopic (exact) mass is 442 g/mol. The highest BCUT2D eigenvalue weighted by Crippen LogP contribution is 2.32. The van der Waals surface area contributed by atoms with E-state index in [-0.39, 0.29) is 26.4 Å². The molecule has 0 fully saturated rings. The van der Waals surface area contributed by atoms with E-state index >= 15 is 0 Å². The Kier molecular flexibility index (Phi) is 9.71. The maximum Gasteiger partial charge on any atom is 0.333 e. The third-order valence-corrected chi connectivity index (χ3v) is 4.69. The molecule has 2 rings (SSSR count). The van der Waals surface area contributed by atoms with Crippen molar-refractivity contribution in [3.8, 4) is 11.5 Å². The Balaban J connectivity index is 1.83. The molecule has 0 heterocycles. The van der Waals surface area contributed by atoms with Crippen molar-refractivity contribution < 1.29 is 28.5 Å². The minimum absolute atomic E-state index is 0.157. The van der Waals surface area contributed by atoms with E-state index in [1.807, 2.05) is 48.5 Å². The Bertz CT molecular complexity index is 862. The second-order valence-electron chi connectivity index (χ2n) is 6.58. The van der Waals surface area contributed by atoms with E-state index in [0.29, 0.717) is 22.6 Å². The molecule has 7 heteroatoms. The Morgan fingerprint density at radius 2 is 1.16 bits per heavy atom. The maximum absolute atomic E-state index is 11.4. The Labute approximate surface area is 186 Å². The summed E-state index contributed by atoms with van der Waals surface area (Å²) in [4.78, 5) is 24.7. The van der Waals surface area contributed by atoms with Gasteiger partial charge in [0.05, 0.1) is 0 Å². The zero-order chi connectivity index (χ0) is 22.6. The molecular weight excluding hydrogens is 416 g/mol. The summed E-state index contributed by atoms with van der Waals surface area (Å²) < 4.78 is 21.3. The van der Waals surface area contributed by atoms with Crippen LogP contribution in [-0.4, -0.2) is 38.4 Å². The second-order valence-corrected chi connectivity index (χ2v) is 7.73. The van der Waals surface area contributed by atoms with Gasteiger partial charge in [-0.1, -0.05) is 37.1 Å². The van der Waals surface area contributed by atoms with Crippen LogP contribution in [-0.2, 0) is 19.1 Å². The topological polar surface area (TPSA) is 71.1 Å². The van der Waals surface area contributed by atoms with Crippen LogP contribution >= 0.6 is 11.8 Å². The predicted octanol–water partition coefficient (Wildman–Crippen LogP) is 4.83. The molecule has 0 unspecified atom stereocenters. The summed E-state index contributed by atoms with van der Waals surface area (Å²) in [7, 11) is 0. The minimum atomic E-state index is -0.427. The van der Waals surface area contributed by atoms with Gasteiger partial charge in [0.15, 0.2) is 0 Å². The van der Waals surface area contributed by atoms with Crippen LogP contribution in [0.25, 0.3) is 0 Å². The molecule has 0 aliphatic carbocycles. The molecule has 0 saturated carbocycles. The largest absolute Gasteiger partial charge is 0.490 e. The van der Waals surface area contributed by atoms with Crippen LogP contribution in [0.15, 0.2) is 82.6 Å². The van der Waals surface area contributed by atoms with Crippen molar-refractivity contribution in [3.63, 3.8) is 0 Å². The zero-order valence-electron chi connectivity index (χ0n) is 17.7. The summed E-state index contributed by atoms with van der Waals surface area (Å²) in [5, 5.41) is 0. The van der Waals surface area contributed by atoms with Gasteiger partial charge >= 0.3 is 11.9 Å². The van der Waals surface area contributed by atoms with Crippen molar-refractivity contribution in [3.05, 3.63) is 72.8 Å². The van der Waals surface area contributed by atoms with Crippen molar-refractivity contribution in [2.24, 2.45) is 0 Å². The minimum Gasteiger partial charge on any atom is -0.490 e. The van der Waals surface area contributed by atoms with E-state index in [1.54, 1.807) is 25.6 Å². The lowest BCUT2D eigenvalue weighted by atomic mass is 10.3. The van der Waals surface area contributed by atoms with Crippen molar-refractivity contribution in [2.45, 2.75) is 23.6 Å². The average Bonchev–Trinajstić information content (AvgIpc) is 2.74. The number of esters is 2. The van der Waals surface area contributed by atoms with Gasteiger partial charge in [-0.25, -0.2) is 9.59 Å². The molecule has 2 aromatic carbocycles. The highest BCUT2D eigenvalue weighted by atomic mass is 32.2. The van der Waals surface area contributed by atoms with E-state index in [2.05, 4.69) is 13.2 Å². The lowest BCUT2D eigenvalue weighted by molar-refractivity contribution is -0.140. The van der Waals surface area contributed by atoms with Crippen molar-refractivity contribution in [1.29, 1.82) is 0 Å². The number of rotatable bonds is 12. The van der Waals surface area contributed by atoms with Crippen molar-refractivity contribution in [1.82, 2.24) is 0 Å². The Morgan fingerprint density at radius 3 is 1.55 bits per heavy atom. The first-order valence-corrected chi connectivity index (χ1v) is 10.5. The standard InChI is InChI=1S/C24H26O6S/c1-17(2)23(25)29-13-11-27-19-7-5-9-21(15-19)31-22-10-6-8-20(16-22)28-12-14-30-24(26)18(3)4/h5-10,15-16H,1,3,11-14H2,2,4H3. The smallest absolute Gasteiger partial charge is 0.333 e. The fourth-order valence-electron chi connectivity index (χ4n) is 2.23. The molecule has 0 saturated heterocycles. The van der Waals surface area contributed by atoms with Crippen LogP contribution in [0, 0.1) is 0 Å². The van der Waals surface area contributed by atoms with Gasteiger partial charge in [-0.05, 0) is 50.2 Å². The van der Waals surface area contributed by atoms with Crippen LogP contribution in [0.5, 0.6) is 11.5 Å². The fourth-order valence-corrected chi connectivity index (χ4v) is 3.14. The SMILES string of the molecule is C=C(C)C(=O)OCCOc1cccc(Sc2cccc(OCCOC(=O)C(=C)C)c2)c1. The van der Waals surface area contributed by atoms with Crippen LogP contribution in [0.3, 0.4) is 0 Å². The summed E-state index contributed by atoms with van der Waals surface area (Å²) >= 11 is 1.56. The molecule has 0 radical (unpaired) electrons. The van der Waals surface area contributed by atoms with Crippen molar-refractivity contribution in [2.75, 3.05) is 26.4 Å². The number of carbonyl (C=O) groups is 2. The summed E-state index contributed by atoms with van der Waals surface area (Å²) in [5.74, 6) is 0.513. The zero-order valence-corrected chi connectivity index (χ0v) is 18.5. The third kappa shape index (κ3) is 9.00. The lowest BCUT2D eigenvalue weighted by Crippen LogP contribution is -2.12. The number of carbonyl (C=O) groups excluding carboxylic acids is 2. The number of hydrogen-bond donors (Lipinski definition) is 0. The number of benzene rings is 2. The third-order valence-electron chi connectivity index (χ3n) is 3.71. The number of ether oxygens (including phenoxy) is 4. The Hall–Kier alpha value is -3.19. The molecule has 0 atom stereocenters. The Morgan fingerprint density at radius 1 is 0.742 bits per heavy atom. The van der Waals surface area contributed by atoms with Gasteiger partial charge in [0.1, 0.15) is 37.9 Å². The molecule has 0 aromatic heterocycles. The van der Waals surface area contributed by atoms with Gasteiger partial charge < -0.3 is 18.9 Å². The molecule has 164 valence electrons. The van der Waals surface area contributed by atoms with Crippen LogP contribution in [0.1, 0.15) is 13.8 Å². The van der Waals surface area contributed by atoms with Gasteiger partial charge in [0.2, 0.25) is 0 Å². The van der Waals surface area contributed by atoms with E-state index in [9.17, 15) is 9.59 Å². The van der Waals surface area contributed by atoms with E-state index in [4.69, 9.17) is 18.9 Å². The quantitative estimate of drug-likeness (QED) is 0.265. The van der Waals surface area contributed by atoms with E-state index in [0.717, 1.165) is 9.79 Å². The predicted molar refractivity (Wildman–Crippen MR) is 120 cm³/mol. The fraction of sp³-hybridized carbons (Fsp3) is 0.250. The van der Waals surface area contributed by atoms with Gasteiger partial charge in [0, 0.05) is 20.9 Å². The average molecular weight is 443 g/mol. The van der Waals surface area contributed by atoms with Gasteiger partial charge in [0.25, 0.3) is 0 Å². The number of hydrogen-bond acceptors (Lipinski definition) is 7. The van der Waals surface area contributed by atoms with E-state index in [1.165, 1.54) is 0 Å².